The second-order valence-electron chi connectivity index (χ2n) is 7.07. The maximum atomic E-state index is 12.9. The van der Waals surface area contributed by atoms with Gasteiger partial charge in [0.25, 0.3) is 5.91 Å². The second kappa shape index (κ2) is 7.79. The second-order valence-corrected chi connectivity index (χ2v) is 7.07. The van der Waals surface area contributed by atoms with Gasteiger partial charge in [-0.2, -0.15) is 10.2 Å². The van der Waals surface area contributed by atoms with E-state index in [1.807, 2.05) is 72.9 Å². The molecule has 0 atom stereocenters. The van der Waals surface area contributed by atoms with Gasteiger partial charge in [-0.25, -0.2) is 0 Å². The van der Waals surface area contributed by atoms with Crippen LogP contribution in [-0.4, -0.2) is 30.0 Å². The summed E-state index contributed by atoms with van der Waals surface area (Å²) < 4.78 is 5.57. The minimum absolute atomic E-state index is 0.156. The number of nitrogens with one attached hydrogen (secondary N) is 1. The third kappa shape index (κ3) is 3.71. The topological polar surface area (TPSA) is 69.7 Å². The van der Waals surface area contributed by atoms with E-state index in [2.05, 4.69) is 27.6 Å². The summed E-state index contributed by atoms with van der Waals surface area (Å²) in [5.74, 6) is 0.581. The fourth-order valence-corrected chi connectivity index (χ4v) is 3.54. The van der Waals surface area contributed by atoms with Gasteiger partial charge >= 0.3 is 0 Å². The van der Waals surface area contributed by atoms with Crippen LogP contribution in [0.3, 0.4) is 0 Å². The Kier molecular flexibility index (Phi) is 5.03. The Balaban J connectivity index is 1.51. The Hall–Kier alpha value is -3.61. The number of amides is 1. The molecule has 0 saturated heterocycles. The van der Waals surface area contributed by atoms with E-state index in [4.69, 9.17) is 0 Å². The highest BCUT2D eigenvalue weighted by atomic mass is 16.1. The van der Waals surface area contributed by atoms with E-state index in [0.29, 0.717) is 18.7 Å². The van der Waals surface area contributed by atoms with Crippen LogP contribution in [0, 0.1) is 13.8 Å². The molecule has 3 aromatic heterocycles. The molecular formula is C22H24N6O. The van der Waals surface area contributed by atoms with Crippen LogP contribution >= 0.6 is 0 Å². The van der Waals surface area contributed by atoms with Gasteiger partial charge in [0.05, 0.1) is 18.4 Å². The van der Waals surface area contributed by atoms with E-state index in [9.17, 15) is 4.79 Å². The van der Waals surface area contributed by atoms with Crippen molar-refractivity contribution in [3.63, 3.8) is 0 Å². The van der Waals surface area contributed by atoms with Gasteiger partial charge in [-0.15, -0.1) is 0 Å². The third-order valence-corrected chi connectivity index (χ3v) is 5.13. The number of aromatic nitrogens is 5. The molecule has 0 unspecified atom stereocenters. The van der Waals surface area contributed by atoms with Gasteiger partial charge in [-0.1, -0.05) is 30.3 Å². The largest absolute Gasteiger partial charge is 0.348 e. The monoisotopic (exact) mass is 388 g/mol. The van der Waals surface area contributed by atoms with Crippen molar-refractivity contribution in [1.29, 1.82) is 0 Å². The van der Waals surface area contributed by atoms with Crippen LogP contribution < -0.4 is 5.32 Å². The van der Waals surface area contributed by atoms with Crippen LogP contribution in [0.4, 0.5) is 0 Å². The van der Waals surface area contributed by atoms with Gasteiger partial charge in [-0.05, 0) is 31.5 Å². The van der Waals surface area contributed by atoms with Crippen molar-refractivity contribution in [3.05, 3.63) is 89.1 Å². The first-order valence-electron chi connectivity index (χ1n) is 9.55. The normalized spacial score (nSPS) is 11.0. The predicted molar refractivity (Wildman–Crippen MR) is 111 cm³/mol. The number of hydrogen-bond donors (Lipinski definition) is 1. The van der Waals surface area contributed by atoms with Crippen molar-refractivity contribution in [1.82, 2.24) is 29.4 Å². The molecule has 148 valence electrons. The van der Waals surface area contributed by atoms with Gasteiger partial charge in [-0.3, -0.25) is 14.2 Å². The van der Waals surface area contributed by atoms with E-state index in [-0.39, 0.29) is 5.91 Å². The zero-order valence-corrected chi connectivity index (χ0v) is 16.8. The van der Waals surface area contributed by atoms with Crippen molar-refractivity contribution in [2.45, 2.75) is 26.9 Å². The lowest BCUT2D eigenvalue weighted by molar-refractivity contribution is 0.0950. The van der Waals surface area contributed by atoms with E-state index >= 15 is 0 Å². The Morgan fingerprint density at radius 3 is 2.52 bits per heavy atom. The van der Waals surface area contributed by atoms with Gasteiger partial charge in [0.15, 0.2) is 0 Å². The number of rotatable bonds is 6. The summed E-state index contributed by atoms with van der Waals surface area (Å²) in [7, 11) is 1.83. The molecule has 0 saturated carbocycles. The highest BCUT2D eigenvalue weighted by molar-refractivity contribution is 5.97. The third-order valence-electron chi connectivity index (χ3n) is 5.13. The molecule has 1 aromatic carbocycles. The number of nitrogens with zero attached hydrogens (tertiary/aromatic N) is 5. The van der Waals surface area contributed by atoms with E-state index in [0.717, 1.165) is 22.8 Å². The highest BCUT2D eigenvalue weighted by Crippen LogP contribution is 2.17. The Morgan fingerprint density at radius 1 is 1.07 bits per heavy atom. The lowest BCUT2D eigenvalue weighted by Gasteiger charge is -2.09. The molecular weight excluding hydrogens is 364 g/mol. The molecule has 0 radical (unpaired) electrons. The van der Waals surface area contributed by atoms with Crippen LogP contribution in [-0.2, 0) is 20.1 Å². The predicted octanol–water partition coefficient (Wildman–Crippen LogP) is 3.00. The Labute approximate surface area is 169 Å². The fourth-order valence-electron chi connectivity index (χ4n) is 3.54. The fraction of sp³-hybridized carbons (Fsp3) is 0.227. The van der Waals surface area contributed by atoms with Gasteiger partial charge in [0.1, 0.15) is 11.4 Å². The minimum Gasteiger partial charge on any atom is -0.348 e. The van der Waals surface area contributed by atoms with Crippen molar-refractivity contribution >= 4 is 5.91 Å². The molecule has 4 aromatic rings. The maximum Gasteiger partial charge on any atom is 0.256 e. The minimum atomic E-state index is -0.156. The molecule has 7 nitrogen and oxygen atoms in total. The average molecular weight is 388 g/mol. The smallest absolute Gasteiger partial charge is 0.256 e. The molecule has 29 heavy (non-hydrogen) atoms. The summed E-state index contributed by atoms with van der Waals surface area (Å²) in [6.07, 6.45) is 5.40. The number of carbonyl (C=O) groups is 1. The van der Waals surface area contributed by atoms with Crippen LogP contribution in [0.5, 0.6) is 0 Å². The molecule has 4 rings (SSSR count). The quantitative estimate of drug-likeness (QED) is 0.552. The van der Waals surface area contributed by atoms with E-state index in [1.54, 1.807) is 10.9 Å². The molecule has 1 amide bonds. The van der Waals surface area contributed by atoms with Gasteiger partial charge < -0.3 is 9.88 Å². The Morgan fingerprint density at radius 2 is 1.79 bits per heavy atom. The molecule has 1 N–H and O–H groups in total. The van der Waals surface area contributed by atoms with E-state index < -0.39 is 0 Å². The number of carbonyl (C=O) groups excluding carboxylic acids is 1. The summed E-state index contributed by atoms with van der Waals surface area (Å²) in [5.41, 5.74) is 4.76. The van der Waals surface area contributed by atoms with Crippen LogP contribution in [0.2, 0.25) is 0 Å². The summed E-state index contributed by atoms with van der Waals surface area (Å²) >= 11 is 0. The highest BCUT2D eigenvalue weighted by Gasteiger charge is 2.19. The summed E-state index contributed by atoms with van der Waals surface area (Å²) in [4.78, 5) is 12.9. The van der Waals surface area contributed by atoms with Crippen molar-refractivity contribution < 1.29 is 4.79 Å². The van der Waals surface area contributed by atoms with E-state index in [1.165, 1.54) is 5.56 Å². The van der Waals surface area contributed by atoms with Gasteiger partial charge in [0, 0.05) is 37.2 Å². The number of aryl methyl sites for hydroxylation is 2. The molecule has 7 heteroatoms. The van der Waals surface area contributed by atoms with Crippen molar-refractivity contribution in [2.75, 3.05) is 0 Å². The maximum absolute atomic E-state index is 12.9. The Bertz CT molecular complexity index is 1120. The molecule has 0 bridgehead atoms. The summed E-state index contributed by atoms with van der Waals surface area (Å²) in [6, 6.07) is 14.1. The summed E-state index contributed by atoms with van der Waals surface area (Å²) in [6.45, 7) is 5.15. The number of benzene rings is 1. The summed E-state index contributed by atoms with van der Waals surface area (Å²) in [5, 5.41) is 11.9. The molecule has 0 fully saturated rings. The van der Waals surface area contributed by atoms with Crippen LogP contribution in [0.15, 0.2) is 61.1 Å². The lowest BCUT2D eigenvalue weighted by Crippen LogP contribution is -2.24. The van der Waals surface area contributed by atoms with Crippen LogP contribution in [0.25, 0.3) is 5.82 Å². The molecule has 3 heterocycles. The van der Waals surface area contributed by atoms with Crippen LogP contribution in [0.1, 0.15) is 32.9 Å². The molecule has 0 aliphatic heterocycles. The van der Waals surface area contributed by atoms with Crippen molar-refractivity contribution in [3.8, 4) is 5.82 Å². The molecule has 0 aliphatic carbocycles. The van der Waals surface area contributed by atoms with Gasteiger partial charge in [0.2, 0.25) is 0 Å². The first-order valence-corrected chi connectivity index (χ1v) is 9.55. The average Bonchev–Trinajstić information content (AvgIpc) is 3.42. The zero-order chi connectivity index (χ0) is 20.4. The zero-order valence-electron chi connectivity index (χ0n) is 16.8. The first-order chi connectivity index (χ1) is 14.0. The van der Waals surface area contributed by atoms with Crippen molar-refractivity contribution in [2.24, 2.45) is 7.05 Å². The molecule has 0 aliphatic rings. The first kappa shape index (κ1) is 18.7. The molecule has 0 spiro atoms. The SMILES string of the molecule is Cc1nn(Cc2ccccc2)c(C)c1CNC(=O)c1cnn(C)c1-n1cccc1. The standard InChI is InChI=1S/C22H24N6O/c1-16-19(17(2)28(25-16)15-18-9-5-4-6-10-18)13-23-21(29)20-14-24-26(3)22(20)27-11-7-8-12-27/h4-12,14H,13,15H2,1-3H3,(H,23,29). The lowest BCUT2D eigenvalue weighted by atomic mass is 10.2. The number of hydrogen-bond acceptors (Lipinski definition) is 3.